The molecule has 3 heterocycles. The van der Waals surface area contributed by atoms with Crippen molar-refractivity contribution >= 4 is 28.3 Å². The smallest absolute Gasteiger partial charge is 0.281 e. The minimum atomic E-state index is -0.655. The van der Waals surface area contributed by atoms with Gasteiger partial charge in [-0.2, -0.15) is 5.10 Å². The second-order valence-corrected chi connectivity index (χ2v) is 7.26. The summed E-state index contributed by atoms with van der Waals surface area (Å²) in [5.41, 5.74) is 7.33. The minimum Gasteiger partial charge on any atom is -0.364 e. The van der Waals surface area contributed by atoms with Gasteiger partial charge in [0.25, 0.3) is 11.8 Å². The van der Waals surface area contributed by atoms with E-state index in [0.717, 1.165) is 5.69 Å². The third kappa shape index (κ3) is 3.76. The fourth-order valence-corrected chi connectivity index (χ4v) is 3.55. The lowest BCUT2D eigenvalue weighted by atomic mass is 10.2. The van der Waals surface area contributed by atoms with E-state index in [1.54, 1.807) is 24.6 Å². The molecule has 0 atom stereocenters. The average molecular weight is 420 g/mol. The van der Waals surface area contributed by atoms with Crippen molar-refractivity contribution in [1.29, 1.82) is 0 Å². The molecule has 1 aromatic carbocycles. The second kappa shape index (κ2) is 7.76. The summed E-state index contributed by atoms with van der Waals surface area (Å²) in [6.07, 6.45) is 1.60. The summed E-state index contributed by atoms with van der Waals surface area (Å²) in [5.74, 6) is -1.23. The van der Waals surface area contributed by atoms with Crippen LogP contribution >= 0.6 is 11.3 Å². The molecule has 30 heavy (non-hydrogen) atoms. The number of para-hydroxylation sites is 1. The molecule has 4 rings (SSSR count). The van der Waals surface area contributed by atoms with Crippen LogP contribution in [0.1, 0.15) is 26.7 Å². The van der Waals surface area contributed by atoms with Crippen LogP contribution in [0.5, 0.6) is 0 Å². The van der Waals surface area contributed by atoms with Gasteiger partial charge in [-0.1, -0.05) is 18.2 Å². The quantitative estimate of drug-likeness (QED) is 0.455. The Kier molecular flexibility index (Phi) is 4.98. The second-order valence-electron chi connectivity index (χ2n) is 6.40. The summed E-state index contributed by atoms with van der Waals surface area (Å²) in [4.78, 5) is 43.3. The number of rotatable bonds is 5. The van der Waals surface area contributed by atoms with Crippen LogP contribution in [-0.4, -0.2) is 31.6 Å². The Balaban J connectivity index is 1.59. The van der Waals surface area contributed by atoms with E-state index in [1.165, 1.54) is 22.1 Å². The highest BCUT2D eigenvalue weighted by Crippen LogP contribution is 2.25. The van der Waals surface area contributed by atoms with Gasteiger partial charge in [0.2, 0.25) is 5.43 Å². The molecule has 0 fully saturated rings. The molecular formula is C20H16N6O3S. The third-order valence-electron chi connectivity index (χ3n) is 4.29. The van der Waals surface area contributed by atoms with Gasteiger partial charge in [-0.05, 0) is 25.1 Å². The van der Waals surface area contributed by atoms with E-state index in [9.17, 15) is 14.4 Å². The zero-order chi connectivity index (χ0) is 21.3. The zero-order valence-electron chi connectivity index (χ0n) is 15.7. The predicted molar refractivity (Wildman–Crippen MR) is 113 cm³/mol. The molecular weight excluding hydrogens is 404 g/mol. The Morgan fingerprint density at radius 2 is 1.97 bits per heavy atom. The van der Waals surface area contributed by atoms with Gasteiger partial charge >= 0.3 is 0 Å². The van der Waals surface area contributed by atoms with Crippen LogP contribution in [0.4, 0.5) is 5.13 Å². The molecule has 4 aromatic rings. The summed E-state index contributed by atoms with van der Waals surface area (Å²) >= 11 is 1.18. The van der Waals surface area contributed by atoms with E-state index in [1.807, 2.05) is 30.3 Å². The van der Waals surface area contributed by atoms with Crippen molar-refractivity contribution in [2.75, 3.05) is 5.32 Å². The minimum absolute atomic E-state index is 0.237. The largest absolute Gasteiger partial charge is 0.364 e. The Morgan fingerprint density at radius 1 is 1.20 bits per heavy atom. The van der Waals surface area contributed by atoms with Crippen molar-refractivity contribution < 1.29 is 9.59 Å². The van der Waals surface area contributed by atoms with Crippen molar-refractivity contribution in [3.05, 3.63) is 81.3 Å². The predicted octanol–water partition coefficient (Wildman–Crippen LogP) is 2.34. The molecule has 0 aliphatic rings. The fraction of sp³-hybridized carbons (Fsp3) is 0.0500. The standard InChI is InChI=1S/C20H16N6O3S/c1-11-7-16(27)17(25-26(11)13-5-3-2-4-6-13)19(29)24-20-23-15(10-30-20)12-8-14(18(21)28)22-9-12/h2-10,22H,1H3,(H2,21,28)(H,23,24,29). The first kappa shape index (κ1) is 19.3. The molecule has 0 saturated carbocycles. The first-order valence-corrected chi connectivity index (χ1v) is 9.72. The number of amides is 2. The van der Waals surface area contributed by atoms with Gasteiger partial charge in [0.1, 0.15) is 5.69 Å². The fourth-order valence-electron chi connectivity index (χ4n) is 2.84. The van der Waals surface area contributed by atoms with Gasteiger partial charge in [-0.3, -0.25) is 19.7 Å². The van der Waals surface area contributed by atoms with E-state index in [4.69, 9.17) is 5.73 Å². The van der Waals surface area contributed by atoms with Crippen LogP contribution in [0.3, 0.4) is 0 Å². The first-order valence-electron chi connectivity index (χ1n) is 8.84. The molecule has 0 aliphatic carbocycles. The van der Waals surface area contributed by atoms with E-state index in [0.29, 0.717) is 22.1 Å². The number of aromatic amines is 1. The van der Waals surface area contributed by atoms with Crippen LogP contribution in [0.2, 0.25) is 0 Å². The monoisotopic (exact) mass is 420 g/mol. The maximum absolute atomic E-state index is 12.7. The number of aromatic nitrogens is 4. The molecule has 9 nitrogen and oxygen atoms in total. The van der Waals surface area contributed by atoms with E-state index in [2.05, 4.69) is 20.4 Å². The highest BCUT2D eigenvalue weighted by atomic mass is 32.1. The number of nitrogens with one attached hydrogen (secondary N) is 2. The van der Waals surface area contributed by atoms with E-state index < -0.39 is 17.2 Å². The van der Waals surface area contributed by atoms with Gasteiger partial charge in [-0.15, -0.1) is 11.3 Å². The van der Waals surface area contributed by atoms with Gasteiger partial charge in [0.05, 0.1) is 11.4 Å². The Labute approximate surface area is 174 Å². The Bertz CT molecular complexity index is 1310. The molecule has 0 saturated heterocycles. The maximum atomic E-state index is 12.7. The van der Waals surface area contributed by atoms with Crippen molar-refractivity contribution in [3.8, 4) is 16.9 Å². The SMILES string of the molecule is Cc1cc(=O)c(C(=O)Nc2nc(-c3c[nH]c(C(N)=O)c3)cs2)nn1-c1ccccc1. The van der Waals surface area contributed by atoms with Crippen LogP contribution in [0.25, 0.3) is 16.9 Å². The number of carbonyl (C=O) groups is 2. The molecule has 4 N–H and O–H groups in total. The molecule has 3 aromatic heterocycles. The van der Waals surface area contributed by atoms with Crippen molar-refractivity contribution in [2.24, 2.45) is 5.73 Å². The first-order chi connectivity index (χ1) is 14.4. The molecule has 0 aliphatic heterocycles. The summed E-state index contributed by atoms with van der Waals surface area (Å²) in [6.45, 7) is 1.74. The number of hydrogen-bond donors (Lipinski definition) is 3. The lowest BCUT2D eigenvalue weighted by molar-refractivity contribution is 0.0993. The number of hydrogen-bond acceptors (Lipinski definition) is 6. The lowest BCUT2D eigenvalue weighted by Crippen LogP contribution is -2.26. The molecule has 150 valence electrons. The lowest BCUT2D eigenvalue weighted by Gasteiger charge is -2.10. The maximum Gasteiger partial charge on any atom is 0.281 e. The van der Waals surface area contributed by atoms with Gasteiger partial charge in [0.15, 0.2) is 10.8 Å². The number of primary amides is 1. The summed E-state index contributed by atoms with van der Waals surface area (Å²) in [7, 11) is 0. The third-order valence-corrected chi connectivity index (χ3v) is 5.05. The molecule has 2 amide bonds. The highest BCUT2D eigenvalue weighted by molar-refractivity contribution is 7.14. The topological polar surface area (TPSA) is 136 Å². The number of nitrogens with two attached hydrogens (primary N) is 1. The highest BCUT2D eigenvalue weighted by Gasteiger charge is 2.17. The Hall–Kier alpha value is -4.05. The average Bonchev–Trinajstić information content (AvgIpc) is 3.38. The van der Waals surface area contributed by atoms with Crippen LogP contribution in [0.15, 0.2) is 58.8 Å². The number of aryl methyl sites for hydroxylation is 1. The van der Waals surface area contributed by atoms with Crippen molar-refractivity contribution in [1.82, 2.24) is 19.7 Å². The van der Waals surface area contributed by atoms with Crippen molar-refractivity contribution in [3.63, 3.8) is 0 Å². The number of thiazole rings is 1. The summed E-state index contributed by atoms with van der Waals surface area (Å²) < 4.78 is 1.54. The number of H-pyrrole nitrogens is 1. The van der Waals surface area contributed by atoms with Gasteiger partial charge in [0, 0.05) is 28.9 Å². The van der Waals surface area contributed by atoms with Crippen LogP contribution in [-0.2, 0) is 0 Å². The van der Waals surface area contributed by atoms with Gasteiger partial charge in [-0.25, -0.2) is 9.67 Å². The number of anilines is 1. The van der Waals surface area contributed by atoms with E-state index in [-0.39, 0.29) is 11.4 Å². The molecule has 0 radical (unpaired) electrons. The normalized spacial score (nSPS) is 10.7. The summed E-state index contributed by atoms with van der Waals surface area (Å²) in [5, 5.41) is 8.86. The molecule has 0 unspecified atom stereocenters. The van der Waals surface area contributed by atoms with Crippen LogP contribution < -0.4 is 16.5 Å². The number of benzene rings is 1. The number of carbonyl (C=O) groups excluding carboxylic acids is 2. The zero-order valence-corrected chi connectivity index (χ0v) is 16.6. The Morgan fingerprint density at radius 3 is 2.67 bits per heavy atom. The van der Waals surface area contributed by atoms with Crippen molar-refractivity contribution in [2.45, 2.75) is 6.92 Å². The molecule has 10 heteroatoms. The number of nitrogens with zero attached hydrogens (tertiary/aromatic N) is 3. The van der Waals surface area contributed by atoms with Crippen LogP contribution in [0, 0.1) is 6.92 Å². The molecule has 0 spiro atoms. The van der Waals surface area contributed by atoms with Gasteiger partial charge < -0.3 is 10.7 Å². The molecule has 0 bridgehead atoms. The van der Waals surface area contributed by atoms with E-state index >= 15 is 0 Å². The summed E-state index contributed by atoms with van der Waals surface area (Å²) in [6, 6.07) is 12.2.